The fraction of sp³-hybridized carbons (Fsp3) is 0.533. The zero-order valence-corrected chi connectivity index (χ0v) is 10.9. The van der Waals surface area contributed by atoms with Crippen LogP contribution in [0.15, 0.2) is 24.3 Å². The summed E-state index contributed by atoms with van der Waals surface area (Å²) in [6.45, 7) is 4.25. The first-order valence-electron chi connectivity index (χ1n) is 6.81. The van der Waals surface area contributed by atoms with E-state index in [2.05, 4.69) is 41.4 Å². The van der Waals surface area contributed by atoms with E-state index in [0.717, 1.165) is 25.9 Å². The van der Waals surface area contributed by atoms with Crippen LogP contribution in [-0.2, 0) is 11.3 Å². The highest BCUT2D eigenvalue weighted by molar-refractivity contribution is 5.77. The van der Waals surface area contributed by atoms with Crippen LogP contribution in [0.5, 0.6) is 0 Å². The molecule has 2 aliphatic rings. The highest BCUT2D eigenvalue weighted by atomic mass is 16.1. The molecule has 0 aromatic heterocycles. The maximum absolute atomic E-state index is 11.4. The number of hydrogen-bond acceptors (Lipinski definition) is 2. The number of piperidine rings is 1. The van der Waals surface area contributed by atoms with Gasteiger partial charge in [-0.2, -0.15) is 0 Å². The van der Waals surface area contributed by atoms with Gasteiger partial charge in [-0.15, -0.1) is 0 Å². The van der Waals surface area contributed by atoms with E-state index in [0.29, 0.717) is 18.5 Å². The van der Waals surface area contributed by atoms with E-state index >= 15 is 0 Å². The Morgan fingerprint density at radius 3 is 3.11 bits per heavy atom. The number of nitrogens with zero attached hydrogens (tertiary/aromatic N) is 1. The molecule has 2 aliphatic heterocycles. The second kappa shape index (κ2) is 4.73. The zero-order chi connectivity index (χ0) is 12.5. The standard InChI is InChI=1S/C15H20N2O/c1-11-3-2-4-12(9-11)10-17-8-7-13-14(17)5-6-15(18)16-13/h2-4,9,13-14H,5-8,10H2,1H3,(H,16,18)/t13-,14+/m1/s1. The molecule has 96 valence electrons. The summed E-state index contributed by atoms with van der Waals surface area (Å²) in [6, 6.07) is 9.65. The van der Waals surface area contributed by atoms with Gasteiger partial charge in [0.2, 0.25) is 5.91 Å². The first-order chi connectivity index (χ1) is 8.72. The Balaban J connectivity index is 1.69. The minimum absolute atomic E-state index is 0.230. The lowest BCUT2D eigenvalue weighted by atomic mass is 9.98. The molecular formula is C15H20N2O. The second-order valence-corrected chi connectivity index (χ2v) is 5.53. The molecular weight excluding hydrogens is 224 g/mol. The van der Waals surface area contributed by atoms with Crippen LogP contribution in [0, 0.1) is 6.92 Å². The van der Waals surface area contributed by atoms with E-state index in [1.165, 1.54) is 11.1 Å². The van der Waals surface area contributed by atoms with E-state index in [1.54, 1.807) is 0 Å². The summed E-state index contributed by atoms with van der Waals surface area (Å²) < 4.78 is 0. The molecule has 1 amide bonds. The van der Waals surface area contributed by atoms with Crippen molar-refractivity contribution >= 4 is 5.91 Å². The number of carbonyl (C=O) groups excluding carboxylic acids is 1. The van der Waals surface area contributed by atoms with Crippen molar-refractivity contribution in [3.05, 3.63) is 35.4 Å². The number of hydrogen-bond donors (Lipinski definition) is 1. The lowest BCUT2D eigenvalue weighted by Crippen LogP contribution is -2.49. The fourth-order valence-corrected chi connectivity index (χ4v) is 3.27. The predicted octanol–water partition coefficient (Wildman–Crippen LogP) is 1.85. The summed E-state index contributed by atoms with van der Waals surface area (Å²) in [5.41, 5.74) is 2.70. The lowest BCUT2D eigenvalue weighted by Gasteiger charge is -2.32. The van der Waals surface area contributed by atoms with Gasteiger partial charge < -0.3 is 5.32 Å². The van der Waals surface area contributed by atoms with Crippen molar-refractivity contribution in [3.8, 4) is 0 Å². The number of likely N-dealkylation sites (tertiary alicyclic amines) is 1. The summed E-state index contributed by atoms with van der Waals surface area (Å²) in [7, 11) is 0. The topological polar surface area (TPSA) is 32.3 Å². The smallest absolute Gasteiger partial charge is 0.220 e. The molecule has 0 aliphatic carbocycles. The molecule has 3 nitrogen and oxygen atoms in total. The van der Waals surface area contributed by atoms with Crippen LogP contribution in [0.4, 0.5) is 0 Å². The van der Waals surface area contributed by atoms with Gasteiger partial charge in [0.15, 0.2) is 0 Å². The van der Waals surface area contributed by atoms with E-state index in [-0.39, 0.29) is 5.91 Å². The summed E-state index contributed by atoms with van der Waals surface area (Å²) in [6.07, 6.45) is 2.80. The molecule has 1 aromatic rings. The molecule has 2 atom stereocenters. The summed E-state index contributed by atoms with van der Waals surface area (Å²) >= 11 is 0. The maximum atomic E-state index is 11.4. The van der Waals surface area contributed by atoms with Gasteiger partial charge in [-0.05, 0) is 25.3 Å². The first kappa shape index (κ1) is 11.7. The summed E-state index contributed by atoms with van der Waals surface area (Å²) in [5, 5.41) is 3.12. The number of amides is 1. The third-order valence-corrected chi connectivity index (χ3v) is 4.14. The molecule has 0 spiro atoms. The molecule has 3 heteroatoms. The predicted molar refractivity (Wildman–Crippen MR) is 71.2 cm³/mol. The molecule has 0 bridgehead atoms. The minimum atomic E-state index is 0.230. The van der Waals surface area contributed by atoms with Gasteiger partial charge in [0.05, 0.1) is 0 Å². The van der Waals surface area contributed by atoms with Gasteiger partial charge in [0.25, 0.3) is 0 Å². The van der Waals surface area contributed by atoms with Crippen molar-refractivity contribution in [2.24, 2.45) is 0 Å². The Kier molecular flexibility index (Phi) is 3.08. The first-order valence-corrected chi connectivity index (χ1v) is 6.81. The number of fused-ring (bicyclic) bond motifs is 1. The SMILES string of the molecule is Cc1cccc(CN2CC[C@H]3NC(=O)CC[C@@H]32)c1. The average molecular weight is 244 g/mol. The Morgan fingerprint density at radius 2 is 2.28 bits per heavy atom. The highest BCUT2D eigenvalue weighted by Gasteiger charge is 2.37. The van der Waals surface area contributed by atoms with E-state index in [9.17, 15) is 4.79 Å². The molecule has 0 radical (unpaired) electrons. The van der Waals surface area contributed by atoms with Crippen LogP contribution in [0.1, 0.15) is 30.4 Å². The average Bonchev–Trinajstić information content (AvgIpc) is 2.72. The van der Waals surface area contributed by atoms with Crippen LogP contribution in [-0.4, -0.2) is 29.4 Å². The van der Waals surface area contributed by atoms with Crippen molar-refractivity contribution in [2.75, 3.05) is 6.54 Å². The minimum Gasteiger partial charge on any atom is -0.352 e. The van der Waals surface area contributed by atoms with Gasteiger partial charge in [0.1, 0.15) is 0 Å². The fourth-order valence-electron chi connectivity index (χ4n) is 3.27. The normalized spacial score (nSPS) is 27.9. The Hall–Kier alpha value is -1.35. The molecule has 0 unspecified atom stereocenters. The maximum Gasteiger partial charge on any atom is 0.220 e. The lowest BCUT2D eigenvalue weighted by molar-refractivity contribution is -0.124. The Morgan fingerprint density at radius 1 is 1.39 bits per heavy atom. The molecule has 3 rings (SSSR count). The van der Waals surface area contributed by atoms with Crippen molar-refractivity contribution < 1.29 is 4.79 Å². The van der Waals surface area contributed by atoms with E-state index < -0.39 is 0 Å². The molecule has 2 fully saturated rings. The Labute approximate surface area is 108 Å². The Bertz CT molecular complexity index is 458. The third kappa shape index (κ3) is 2.27. The second-order valence-electron chi connectivity index (χ2n) is 5.53. The summed E-state index contributed by atoms with van der Waals surface area (Å²) in [5.74, 6) is 0.230. The van der Waals surface area contributed by atoms with Crippen molar-refractivity contribution in [3.63, 3.8) is 0 Å². The highest BCUT2D eigenvalue weighted by Crippen LogP contribution is 2.27. The number of benzene rings is 1. The number of nitrogens with one attached hydrogen (secondary N) is 1. The van der Waals surface area contributed by atoms with Gasteiger partial charge in [0, 0.05) is 31.6 Å². The number of aryl methyl sites for hydroxylation is 1. The van der Waals surface area contributed by atoms with Crippen molar-refractivity contribution in [2.45, 2.75) is 44.8 Å². The summed E-state index contributed by atoms with van der Waals surface area (Å²) in [4.78, 5) is 13.9. The number of carbonyl (C=O) groups is 1. The van der Waals surface area contributed by atoms with Crippen LogP contribution in [0.25, 0.3) is 0 Å². The molecule has 2 heterocycles. The molecule has 1 N–H and O–H groups in total. The molecule has 18 heavy (non-hydrogen) atoms. The molecule has 2 saturated heterocycles. The number of rotatable bonds is 2. The quantitative estimate of drug-likeness (QED) is 0.861. The molecule has 1 aromatic carbocycles. The van der Waals surface area contributed by atoms with Gasteiger partial charge in [-0.25, -0.2) is 0 Å². The van der Waals surface area contributed by atoms with Gasteiger partial charge in [-0.3, -0.25) is 9.69 Å². The van der Waals surface area contributed by atoms with Crippen molar-refractivity contribution in [1.82, 2.24) is 10.2 Å². The van der Waals surface area contributed by atoms with Crippen LogP contribution in [0.2, 0.25) is 0 Å². The van der Waals surface area contributed by atoms with Crippen LogP contribution in [0.3, 0.4) is 0 Å². The van der Waals surface area contributed by atoms with Gasteiger partial charge in [-0.1, -0.05) is 29.8 Å². The van der Waals surface area contributed by atoms with Crippen LogP contribution >= 0.6 is 0 Å². The third-order valence-electron chi connectivity index (χ3n) is 4.14. The zero-order valence-electron chi connectivity index (χ0n) is 10.9. The largest absolute Gasteiger partial charge is 0.352 e. The van der Waals surface area contributed by atoms with E-state index in [4.69, 9.17) is 0 Å². The van der Waals surface area contributed by atoms with Gasteiger partial charge >= 0.3 is 0 Å². The van der Waals surface area contributed by atoms with Crippen LogP contribution < -0.4 is 5.32 Å². The monoisotopic (exact) mass is 244 g/mol. The van der Waals surface area contributed by atoms with Crippen molar-refractivity contribution in [1.29, 1.82) is 0 Å². The van der Waals surface area contributed by atoms with E-state index in [1.807, 2.05) is 0 Å². The molecule has 0 saturated carbocycles.